The second-order valence-corrected chi connectivity index (χ2v) is 5.54. The zero-order chi connectivity index (χ0) is 12.5. The van der Waals surface area contributed by atoms with E-state index in [0.29, 0.717) is 12.0 Å². The second kappa shape index (κ2) is 5.02. The highest BCUT2D eigenvalue weighted by molar-refractivity contribution is 5.32. The Morgan fingerprint density at radius 1 is 1.28 bits per heavy atom. The Labute approximate surface area is 109 Å². The fourth-order valence-corrected chi connectivity index (χ4v) is 3.51. The molecule has 0 radical (unpaired) electrons. The summed E-state index contributed by atoms with van der Waals surface area (Å²) >= 11 is 0. The number of nitrogens with zero attached hydrogens (tertiary/aromatic N) is 2. The van der Waals surface area contributed by atoms with Gasteiger partial charge in [0, 0.05) is 31.9 Å². The van der Waals surface area contributed by atoms with Crippen LogP contribution in [0.2, 0.25) is 0 Å². The summed E-state index contributed by atoms with van der Waals surface area (Å²) in [6.07, 6.45) is 4.82. The number of nitrogens with one attached hydrogen (secondary N) is 1. The van der Waals surface area contributed by atoms with Gasteiger partial charge in [-0.2, -0.15) is 5.10 Å². The number of hydrogen-bond acceptors (Lipinski definition) is 3. The quantitative estimate of drug-likeness (QED) is 0.872. The van der Waals surface area contributed by atoms with Gasteiger partial charge in [0.25, 0.3) is 0 Å². The van der Waals surface area contributed by atoms with Gasteiger partial charge in [-0.1, -0.05) is 0 Å². The molecule has 1 unspecified atom stereocenters. The van der Waals surface area contributed by atoms with E-state index in [0.717, 1.165) is 32.6 Å². The van der Waals surface area contributed by atoms with E-state index in [1.807, 2.05) is 0 Å². The maximum atomic E-state index is 5.49. The number of rotatable bonds is 2. The van der Waals surface area contributed by atoms with Crippen molar-refractivity contribution in [3.63, 3.8) is 0 Å². The lowest BCUT2D eigenvalue weighted by atomic mass is 9.88. The van der Waals surface area contributed by atoms with Gasteiger partial charge in [0.2, 0.25) is 0 Å². The molecule has 0 aliphatic carbocycles. The van der Waals surface area contributed by atoms with Crippen LogP contribution in [0.15, 0.2) is 0 Å². The molecule has 3 heterocycles. The van der Waals surface area contributed by atoms with Gasteiger partial charge >= 0.3 is 0 Å². The Kier molecular flexibility index (Phi) is 3.39. The molecule has 4 heteroatoms. The summed E-state index contributed by atoms with van der Waals surface area (Å²) in [6.45, 7) is 5.10. The Morgan fingerprint density at radius 3 is 2.72 bits per heavy atom. The third kappa shape index (κ3) is 2.08. The molecule has 2 saturated heterocycles. The molecule has 4 nitrogen and oxygen atoms in total. The Bertz CT molecular complexity index is 415. The Morgan fingerprint density at radius 2 is 2.06 bits per heavy atom. The minimum atomic E-state index is 0.508. The first kappa shape index (κ1) is 12.2. The van der Waals surface area contributed by atoms with Gasteiger partial charge < -0.3 is 10.1 Å². The highest BCUT2D eigenvalue weighted by Crippen LogP contribution is 2.36. The lowest BCUT2D eigenvalue weighted by molar-refractivity contribution is 0.0849. The van der Waals surface area contributed by atoms with Crippen LogP contribution in [0, 0.1) is 6.92 Å². The average molecular weight is 249 g/mol. The van der Waals surface area contributed by atoms with E-state index < -0.39 is 0 Å². The molecule has 2 aliphatic rings. The maximum Gasteiger partial charge on any atom is 0.0631 e. The third-order valence-corrected chi connectivity index (χ3v) is 4.33. The van der Waals surface area contributed by atoms with Crippen LogP contribution in [0.1, 0.15) is 54.6 Å². The average Bonchev–Trinajstić information content (AvgIpc) is 2.97. The van der Waals surface area contributed by atoms with Crippen molar-refractivity contribution >= 4 is 0 Å². The molecule has 0 amide bonds. The van der Waals surface area contributed by atoms with Crippen molar-refractivity contribution in [3.8, 4) is 0 Å². The lowest BCUT2D eigenvalue weighted by Gasteiger charge is -2.25. The first-order chi connectivity index (χ1) is 8.77. The van der Waals surface area contributed by atoms with Gasteiger partial charge in [0.05, 0.1) is 11.4 Å². The van der Waals surface area contributed by atoms with Gasteiger partial charge in [0.1, 0.15) is 0 Å². The molecule has 0 saturated carbocycles. The summed E-state index contributed by atoms with van der Waals surface area (Å²) in [5.41, 5.74) is 4.14. The molecule has 1 aromatic rings. The van der Waals surface area contributed by atoms with E-state index in [1.165, 1.54) is 29.8 Å². The minimum Gasteiger partial charge on any atom is -0.381 e. The summed E-state index contributed by atoms with van der Waals surface area (Å²) in [7, 11) is 2.09. The van der Waals surface area contributed by atoms with Crippen molar-refractivity contribution in [1.82, 2.24) is 15.1 Å². The molecule has 0 bridgehead atoms. The van der Waals surface area contributed by atoms with Crippen LogP contribution < -0.4 is 5.32 Å². The fraction of sp³-hybridized carbons (Fsp3) is 0.786. The monoisotopic (exact) mass is 249 g/mol. The van der Waals surface area contributed by atoms with Crippen LogP contribution in [0.25, 0.3) is 0 Å². The van der Waals surface area contributed by atoms with Crippen LogP contribution in [-0.4, -0.2) is 29.5 Å². The van der Waals surface area contributed by atoms with Crippen LogP contribution >= 0.6 is 0 Å². The number of aryl methyl sites for hydroxylation is 2. The topological polar surface area (TPSA) is 39.1 Å². The molecule has 2 aliphatic heterocycles. The zero-order valence-corrected chi connectivity index (χ0v) is 11.4. The summed E-state index contributed by atoms with van der Waals surface area (Å²) < 4.78 is 7.59. The maximum absolute atomic E-state index is 5.49. The predicted octanol–water partition coefficient (Wildman–Crippen LogP) is 2.05. The molecule has 1 N–H and O–H groups in total. The Balaban J connectivity index is 1.95. The van der Waals surface area contributed by atoms with E-state index >= 15 is 0 Å². The van der Waals surface area contributed by atoms with Crippen LogP contribution in [0.5, 0.6) is 0 Å². The first-order valence-electron chi connectivity index (χ1n) is 7.12. The van der Waals surface area contributed by atoms with Crippen LogP contribution in [0.3, 0.4) is 0 Å². The standard InChI is InChI=1S/C14H23N3O/c1-10-13(11-5-8-18-9-6-11)14(17(2)16-10)12-4-3-7-15-12/h11-12,15H,3-9H2,1-2H3. The van der Waals surface area contributed by atoms with Gasteiger partial charge in [-0.15, -0.1) is 0 Å². The normalized spacial score (nSPS) is 25.8. The SMILES string of the molecule is Cc1nn(C)c(C2CCCN2)c1C1CCOCC1. The van der Waals surface area contributed by atoms with Crippen LogP contribution in [0.4, 0.5) is 0 Å². The van der Waals surface area contributed by atoms with Crippen molar-refractivity contribution in [2.75, 3.05) is 19.8 Å². The van der Waals surface area contributed by atoms with E-state index in [4.69, 9.17) is 4.74 Å². The summed E-state index contributed by atoms with van der Waals surface area (Å²) in [5, 5.41) is 8.28. The molecular formula is C14H23N3O. The van der Waals surface area contributed by atoms with E-state index in [2.05, 4.69) is 29.1 Å². The van der Waals surface area contributed by atoms with E-state index in [9.17, 15) is 0 Å². The fourth-order valence-electron chi connectivity index (χ4n) is 3.51. The highest BCUT2D eigenvalue weighted by Gasteiger charge is 2.29. The third-order valence-electron chi connectivity index (χ3n) is 4.33. The first-order valence-corrected chi connectivity index (χ1v) is 7.12. The second-order valence-electron chi connectivity index (χ2n) is 5.54. The van der Waals surface area contributed by atoms with Gasteiger partial charge in [-0.25, -0.2) is 0 Å². The molecule has 3 rings (SSSR count). The smallest absolute Gasteiger partial charge is 0.0631 e. The van der Waals surface area contributed by atoms with E-state index in [-0.39, 0.29) is 0 Å². The zero-order valence-electron chi connectivity index (χ0n) is 11.4. The summed E-state index contributed by atoms with van der Waals surface area (Å²) in [6, 6.07) is 0.508. The number of ether oxygens (including phenoxy) is 1. The molecule has 0 spiro atoms. The van der Waals surface area contributed by atoms with Crippen molar-refractivity contribution < 1.29 is 4.74 Å². The van der Waals surface area contributed by atoms with Gasteiger partial charge in [-0.05, 0) is 45.1 Å². The molecular weight excluding hydrogens is 226 g/mol. The molecule has 1 atom stereocenters. The van der Waals surface area contributed by atoms with Gasteiger partial charge in [0.15, 0.2) is 0 Å². The van der Waals surface area contributed by atoms with Crippen molar-refractivity contribution in [2.45, 2.75) is 44.6 Å². The lowest BCUT2D eigenvalue weighted by Crippen LogP contribution is -2.21. The summed E-state index contributed by atoms with van der Waals surface area (Å²) in [4.78, 5) is 0. The molecule has 0 aromatic carbocycles. The van der Waals surface area contributed by atoms with Crippen molar-refractivity contribution in [2.24, 2.45) is 7.05 Å². The predicted molar refractivity (Wildman–Crippen MR) is 70.7 cm³/mol. The van der Waals surface area contributed by atoms with Crippen molar-refractivity contribution in [3.05, 3.63) is 17.0 Å². The minimum absolute atomic E-state index is 0.508. The number of aromatic nitrogens is 2. The molecule has 1 aromatic heterocycles. The molecule has 100 valence electrons. The Hall–Kier alpha value is -0.870. The summed E-state index contributed by atoms with van der Waals surface area (Å²) in [5.74, 6) is 0.643. The molecule has 2 fully saturated rings. The van der Waals surface area contributed by atoms with Crippen molar-refractivity contribution in [1.29, 1.82) is 0 Å². The highest BCUT2D eigenvalue weighted by atomic mass is 16.5. The largest absolute Gasteiger partial charge is 0.381 e. The molecule has 18 heavy (non-hydrogen) atoms. The number of hydrogen-bond donors (Lipinski definition) is 1. The van der Waals surface area contributed by atoms with Gasteiger partial charge in [-0.3, -0.25) is 4.68 Å². The van der Waals surface area contributed by atoms with Crippen LogP contribution in [-0.2, 0) is 11.8 Å². The van der Waals surface area contributed by atoms with E-state index in [1.54, 1.807) is 0 Å².